The summed E-state index contributed by atoms with van der Waals surface area (Å²) in [7, 11) is 0. The molecule has 2 aromatic heterocycles. The zero-order valence-corrected chi connectivity index (χ0v) is 8.38. The molecule has 0 aliphatic rings. The zero-order valence-electron chi connectivity index (χ0n) is 8.38. The maximum atomic E-state index is 12.2. The highest BCUT2D eigenvalue weighted by molar-refractivity contribution is 5.86. The van der Waals surface area contributed by atoms with Gasteiger partial charge in [0.25, 0.3) is 6.43 Å². The van der Waals surface area contributed by atoms with E-state index in [4.69, 9.17) is 5.11 Å². The third-order valence-corrected chi connectivity index (χ3v) is 2.00. The Balaban J connectivity index is 2.11. The molecular weight excluding hydrogens is 236 g/mol. The number of aromatic nitrogens is 3. The molecule has 0 aromatic carbocycles. The van der Waals surface area contributed by atoms with Crippen LogP contribution in [0.4, 0.5) is 8.78 Å². The number of hydrogen-bond donors (Lipinski definition) is 1. The van der Waals surface area contributed by atoms with Crippen LogP contribution in [0, 0.1) is 0 Å². The number of carbonyl (C=O) groups is 1. The van der Waals surface area contributed by atoms with E-state index in [0.717, 1.165) is 12.3 Å². The van der Waals surface area contributed by atoms with Crippen LogP contribution in [0.1, 0.15) is 28.2 Å². The van der Waals surface area contributed by atoms with E-state index in [9.17, 15) is 13.6 Å². The lowest BCUT2D eigenvalue weighted by atomic mass is 10.3. The van der Waals surface area contributed by atoms with Crippen LogP contribution >= 0.6 is 0 Å². The molecule has 0 radical (unpaired) electrons. The minimum Gasteiger partial charge on any atom is -0.478 e. The van der Waals surface area contributed by atoms with Crippen LogP contribution in [0.25, 0.3) is 0 Å². The lowest BCUT2D eigenvalue weighted by Crippen LogP contribution is -1.99. The van der Waals surface area contributed by atoms with Gasteiger partial charge in [-0.05, 0) is 0 Å². The minimum absolute atomic E-state index is 0.0126. The second-order valence-corrected chi connectivity index (χ2v) is 3.25. The summed E-state index contributed by atoms with van der Waals surface area (Å²) in [5.41, 5.74) is -0.441. The summed E-state index contributed by atoms with van der Waals surface area (Å²) in [6.45, 7) is 0.0486. The number of alkyl halides is 2. The van der Waals surface area contributed by atoms with E-state index in [1.807, 2.05) is 0 Å². The number of rotatable bonds is 4. The maximum absolute atomic E-state index is 12.2. The molecule has 0 aliphatic carbocycles. The molecule has 0 amide bonds. The van der Waals surface area contributed by atoms with Crippen LogP contribution in [0.15, 0.2) is 23.0 Å². The molecule has 2 rings (SSSR count). The SMILES string of the molecule is O=C(O)c1cnn(Cc2cc(C(F)F)no2)c1. The Hall–Kier alpha value is -2.25. The Morgan fingerprint density at radius 1 is 1.59 bits per heavy atom. The molecule has 0 saturated carbocycles. The molecule has 0 atom stereocenters. The van der Waals surface area contributed by atoms with Gasteiger partial charge in [0.15, 0.2) is 5.76 Å². The molecule has 2 aromatic rings. The van der Waals surface area contributed by atoms with Crippen molar-refractivity contribution in [3.8, 4) is 0 Å². The predicted octanol–water partition coefficient (Wildman–Crippen LogP) is 1.56. The summed E-state index contributed by atoms with van der Waals surface area (Å²) in [6, 6.07) is 1.10. The molecular formula is C9H7F2N3O3. The van der Waals surface area contributed by atoms with Gasteiger partial charge in [0, 0.05) is 12.3 Å². The highest BCUT2D eigenvalue weighted by Crippen LogP contribution is 2.18. The highest BCUT2D eigenvalue weighted by Gasteiger charge is 2.14. The number of carboxylic acid groups (broad SMARTS) is 1. The largest absolute Gasteiger partial charge is 0.478 e. The molecule has 17 heavy (non-hydrogen) atoms. The quantitative estimate of drug-likeness (QED) is 0.881. The van der Waals surface area contributed by atoms with Crippen molar-refractivity contribution < 1.29 is 23.2 Å². The van der Waals surface area contributed by atoms with E-state index in [1.54, 1.807) is 0 Å². The average Bonchev–Trinajstić information content (AvgIpc) is 2.87. The maximum Gasteiger partial charge on any atom is 0.338 e. The van der Waals surface area contributed by atoms with Gasteiger partial charge in [-0.15, -0.1) is 0 Å². The van der Waals surface area contributed by atoms with Crippen LogP contribution in [-0.4, -0.2) is 26.0 Å². The van der Waals surface area contributed by atoms with Gasteiger partial charge < -0.3 is 9.63 Å². The Morgan fingerprint density at radius 2 is 2.35 bits per heavy atom. The molecule has 8 heteroatoms. The summed E-state index contributed by atoms with van der Waals surface area (Å²) in [6.07, 6.45) is -0.265. The van der Waals surface area contributed by atoms with Crippen molar-refractivity contribution in [2.45, 2.75) is 13.0 Å². The number of aromatic carboxylic acids is 1. The van der Waals surface area contributed by atoms with Crippen molar-refractivity contribution in [1.29, 1.82) is 0 Å². The van der Waals surface area contributed by atoms with Gasteiger partial charge >= 0.3 is 5.97 Å². The number of nitrogens with zero attached hydrogens (tertiary/aromatic N) is 3. The monoisotopic (exact) mass is 243 g/mol. The molecule has 0 spiro atoms. The summed E-state index contributed by atoms with van der Waals surface area (Å²) < 4.78 is 30.3. The van der Waals surface area contributed by atoms with Gasteiger partial charge in [0.2, 0.25) is 0 Å². The van der Waals surface area contributed by atoms with Crippen LogP contribution < -0.4 is 0 Å². The third-order valence-electron chi connectivity index (χ3n) is 2.00. The minimum atomic E-state index is -2.69. The van der Waals surface area contributed by atoms with Gasteiger partial charge in [-0.3, -0.25) is 4.68 Å². The Kier molecular flexibility index (Phi) is 2.86. The van der Waals surface area contributed by atoms with E-state index in [-0.39, 0.29) is 17.9 Å². The van der Waals surface area contributed by atoms with Crippen LogP contribution in [0.5, 0.6) is 0 Å². The van der Waals surface area contributed by atoms with Gasteiger partial charge in [0.05, 0.1) is 11.8 Å². The standard InChI is InChI=1S/C9H7F2N3O3/c10-8(11)7-1-6(17-13-7)4-14-3-5(2-12-14)9(15)16/h1-3,8H,4H2,(H,15,16). The fraction of sp³-hybridized carbons (Fsp3) is 0.222. The molecule has 0 aliphatic heterocycles. The van der Waals surface area contributed by atoms with E-state index in [2.05, 4.69) is 14.8 Å². The molecule has 0 saturated heterocycles. The van der Waals surface area contributed by atoms with Crippen LogP contribution in [0.3, 0.4) is 0 Å². The van der Waals surface area contributed by atoms with E-state index in [0.29, 0.717) is 0 Å². The fourth-order valence-corrected chi connectivity index (χ4v) is 1.23. The zero-order chi connectivity index (χ0) is 12.4. The van der Waals surface area contributed by atoms with Gasteiger partial charge in [-0.25, -0.2) is 13.6 Å². The normalized spacial score (nSPS) is 11.0. The van der Waals surface area contributed by atoms with E-state index in [1.165, 1.54) is 10.9 Å². The first-order valence-electron chi connectivity index (χ1n) is 4.55. The van der Waals surface area contributed by atoms with Crippen molar-refractivity contribution >= 4 is 5.97 Å². The van der Waals surface area contributed by atoms with E-state index < -0.39 is 18.1 Å². The van der Waals surface area contributed by atoms with Crippen LogP contribution in [0.2, 0.25) is 0 Å². The summed E-state index contributed by atoms with van der Waals surface area (Å²) in [5, 5.41) is 15.6. The lowest BCUT2D eigenvalue weighted by molar-refractivity contribution is 0.0696. The molecule has 0 fully saturated rings. The van der Waals surface area contributed by atoms with Gasteiger partial charge in [-0.2, -0.15) is 5.10 Å². The van der Waals surface area contributed by atoms with Crippen molar-refractivity contribution in [2.24, 2.45) is 0 Å². The number of halogens is 2. The van der Waals surface area contributed by atoms with Crippen LogP contribution in [-0.2, 0) is 6.54 Å². The average molecular weight is 243 g/mol. The van der Waals surface area contributed by atoms with Gasteiger partial charge in [0.1, 0.15) is 12.2 Å². The first-order valence-corrected chi connectivity index (χ1v) is 4.55. The Labute approximate surface area is 93.4 Å². The topological polar surface area (TPSA) is 81.1 Å². The predicted molar refractivity (Wildman–Crippen MR) is 49.7 cm³/mol. The first-order chi connectivity index (χ1) is 8.06. The number of hydrogen-bond acceptors (Lipinski definition) is 4. The lowest BCUT2D eigenvalue weighted by Gasteiger charge is -1.94. The first kappa shape index (κ1) is 11.2. The summed E-state index contributed by atoms with van der Waals surface area (Å²) in [4.78, 5) is 10.6. The molecule has 0 unspecified atom stereocenters. The second-order valence-electron chi connectivity index (χ2n) is 3.25. The molecule has 0 bridgehead atoms. The van der Waals surface area contributed by atoms with Crippen molar-refractivity contribution in [1.82, 2.24) is 14.9 Å². The van der Waals surface area contributed by atoms with Crippen molar-refractivity contribution in [2.75, 3.05) is 0 Å². The molecule has 1 N–H and O–H groups in total. The van der Waals surface area contributed by atoms with Crippen molar-refractivity contribution in [3.05, 3.63) is 35.5 Å². The summed E-state index contributed by atoms with van der Waals surface area (Å²) >= 11 is 0. The molecule has 90 valence electrons. The molecule has 6 nitrogen and oxygen atoms in total. The second kappa shape index (κ2) is 4.32. The highest BCUT2D eigenvalue weighted by atomic mass is 19.3. The smallest absolute Gasteiger partial charge is 0.338 e. The number of carboxylic acids is 1. The summed E-state index contributed by atoms with van der Waals surface area (Å²) in [5.74, 6) is -0.928. The Bertz CT molecular complexity index is 535. The fourth-order valence-electron chi connectivity index (χ4n) is 1.23. The van der Waals surface area contributed by atoms with Crippen molar-refractivity contribution in [3.63, 3.8) is 0 Å². The third kappa shape index (κ3) is 2.47. The molecule has 2 heterocycles. The Morgan fingerprint density at radius 3 is 2.88 bits per heavy atom. The van der Waals surface area contributed by atoms with Gasteiger partial charge in [-0.1, -0.05) is 5.16 Å². The van der Waals surface area contributed by atoms with E-state index >= 15 is 0 Å².